The van der Waals surface area contributed by atoms with Crippen LogP contribution in [0.4, 0.5) is 5.69 Å². The number of hydrogen-bond acceptors (Lipinski definition) is 5. The molecule has 0 saturated heterocycles. The highest BCUT2D eigenvalue weighted by Gasteiger charge is 2.17. The van der Waals surface area contributed by atoms with Crippen LogP contribution in [-0.2, 0) is 4.79 Å². The maximum absolute atomic E-state index is 10.8. The first kappa shape index (κ1) is 15.3. The molecule has 19 heavy (non-hydrogen) atoms. The number of rotatable bonds is 6. The Kier molecular flexibility index (Phi) is 5.17. The fourth-order valence-electron chi connectivity index (χ4n) is 1.32. The average molecular weight is 285 g/mol. The molecule has 0 heterocycles. The van der Waals surface area contributed by atoms with Gasteiger partial charge in [0, 0.05) is 11.0 Å². The quantitative estimate of drug-likeness (QED) is 0.491. The van der Waals surface area contributed by atoms with Gasteiger partial charge in [-0.3, -0.25) is 14.9 Å². The lowest BCUT2D eigenvalue weighted by molar-refractivity contribution is -0.385. The minimum absolute atomic E-state index is 0.113. The highest BCUT2D eigenvalue weighted by atomic mass is 32.2. The van der Waals surface area contributed by atoms with E-state index >= 15 is 0 Å². The number of nitrogens with zero attached hydrogens (tertiary/aromatic N) is 1. The van der Waals surface area contributed by atoms with Gasteiger partial charge in [0.05, 0.1) is 17.1 Å². The third-order valence-corrected chi connectivity index (χ3v) is 3.17. The van der Waals surface area contributed by atoms with Gasteiger partial charge in [-0.2, -0.15) is 0 Å². The first-order valence-corrected chi connectivity index (χ1v) is 6.53. The molecule has 0 radical (unpaired) electrons. The van der Waals surface area contributed by atoms with Gasteiger partial charge in [-0.05, 0) is 26.8 Å². The van der Waals surface area contributed by atoms with E-state index < -0.39 is 16.1 Å². The minimum Gasteiger partial charge on any atom is -0.491 e. The molecule has 0 bridgehead atoms. The number of carboxylic acid groups (broad SMARTS) is 1. The normalized spacial score (nSPS) is 12.2. The van der Waals surface area contributed by atoms with Crippen molar-refractivity contribution < 1.29 is 19.6 Å². The van der Waals surface area contributed by atoms with E-state index in [0.29, 0.717) is 10.6 Å². The second kappa shape index (κ2) is 6.42. The van der Waals surface area contributed by atoms with Crippen molar-refractivity contribution in [1.29, 1.82) is 0 Å². The summed E-state index contributed by atoms with van der Waals surface area (Å²) >= 11 is 1.04. The van der Waals surface area contributed by atoms with E-state index in [1.807, 2.05) is 13.8 Å². The maximum atomic E-state index is 10.8. The lowest BCUT2D eigenvalue weighted by Crippen LogP contribution is -2.11. The molecule has 1 N–H and O–H groups in total. The molecular formula is C12H15NO5S. The van der Waals surface area contributed by atoms with E-state index in [-0.39, 0.29) is 11.8 Å². The third-order valence-electron chi connectivity index (χ3n) is 2.11. The fraction of sp³-hybridized carbons (Fsp3) is 0.417. The van der Waals surface area contributed by atoms with Crippen molar-refractivity contribution in [2.75, 3.05) is 0 Å². The van der Waals surface area contributed by atoms with Gasteiger partial charge in [0.1, 0.15) is 11.0 Å². The first-order chi connectivity index (χ1) is 8.79. The Morgan fingerprint density at radius 3 is 2.47 bits per heavy atom. The van der Waals surface area contributed by atoms with E-state index in [0.717, 1.165) is 11.8 Å². The topological polar surface area (TPSA) is 89.7 Å². The summed E-state index contributed by atoms with van der Waals surface area (Å²) in [7, 11) is 0. The van der Waals surface area contributed by atoms with Gasteiger partial charge in [-0.15, -0.1) is 11.8 Å². The molecule has 0 spiro atoms. The molecule has 1 aromatic rings. The summed E-state index contributed by atoms with van der Waals surface area (Å²) < 4.78 is 5.42. The number of carboxylic acids is 1. The van der Waals surface area contributed by atoms with E-state index in [1.165, 1.54) is 19.1 Å². The van der Waals surface area contributed by atoms with Crippen LogP contribution in [-0.4, -0.2) is 27.4 Å². The van der Waals surface area contributed by atoms with Crippen molar-refractivity contribution >= 4 is 23.4 Å². The molecule has 1 aromatic carbocycles. The van der Waals surface area contributed by atoms with Gasteiger partial charge in [0.15, 0.2) is 0 Å². The number of nitro benzene ring substituents is 1. The predicted octanol–water partition coefficient (Wildman–Crippen LogP) is 2.95. The Hall–Kier alpha value is -1.76. The van der Waals surface area contributed by atoms with Crippen LogP contribution >= 0.6 is 11.8 Å². The summed E-state index contributed by atoms with van der Waals surface area (Å²) in [5.41, 5.74) is -0.113. The Balaban J connectivity index is 3.05. The summed E-state index contributed by atoms with van der Waals surface area (Å²) in [6.45, 7) is 5.14. The average Bonchev–Trinajstić information content (AvgIpc) is 2.27. The van der Waals surface area contributed by atoms with E-state index in [4.69, 9.17) is 9.84 Å². The van der Waals surface area contributed by atoms with Crippen molar-refractivity contribution in [3.63, 3.8) is 0 Å². The molecular weight excluding hydrogens is 270 g/mol. The molecule has 0 aliphatic carbocycles. The van der Waals surface area contributed by atoms with Gasteiger partial charge in [0.2, 0.25) is 0 Å². The van der Waals surface area contributed by atoms with Crippen LogP contribution in [0.2, 0.25) is 0 Å². The van der Waals surface area contributed by atoms with Crippen LogP contribution in [0.3, 0.4) is 0 Å². The van der Waals surface area contributed by atoms with Crippen LogP contribution < -0.4 is 4.74 Å². The summed E-state index contributed by atoms with van der Waals surface area (Å²) in [6, 6.07) is 4.28. The first-order valence-electron chi connectivity index (χ1n) is 5.65. The standard InChI is InChI=1S/C12H15NO5S/c1-7(2)18-10-4-9(13(16)17)5-11(6-10)19-8(3)12(14)15/h4-8H,1-3H3,(H,14,15). The molecule has 0 aliphatic heterocycles. The highest BCUT2D eigenvalue weighted by molar-refractivity contribution is 8.00. The van der Waals surface area contributed by atoms with Crippen LogP contribution in [0.5, 0.6) is 5.75 Å². The molecule has 6 nitrogen and oxygen atoms in total. The van der Waals surface area contributed by atoms with Crippen LogP contribution in [0.15, 0.2) is 23.1 Å². The van der Waals surface area contributed by atoms with E-state index in [2.05, 4.69) is 0 Å². The fourth-order valence-corrected chi connectivity index (χ4v) is 2.21. The molecule has 1 atom stereocenters. The van der Waals surface area contributed by atoms with Crippen molar-refractivity contribution in [3.8, 4) is 5.75 Å². The molecule has 104 valence electrons. The van der Waals surface area contributed by atoms with Crippen molar-refractivity contribution in [3.05, 3.63) is 28.3 Å². The number of aliphatic carboxylic acids is 1. The minimum atomic E-state index is -0.970. The molecule has 7 heteroatoms. The number of carbonyl (C=O) groups is 1. The Morgan fingerprint density at radius 1 is 1.37 bits per heavy atom. The summed E-state index contributed by atoms with van der Waals surface area (Å²) in [5, 5.41) is 19.0. The Bertz CT molecular complexity index is 489. The van der Waals surface area contributed by atoms with Crippen molar-refractivity contribution in [2.45, 2.75) is 37.0 Å². The Morgan fingerprint density at radius 2 is 2.00 bits per heavy atom. The zero-order chi connectivity index (χ0) is 14.6. The maximum Gasteiger partial charge on any atom is 0.316 e. The second-order valence-electron chi connectivity index (χ2n) is 4.18. The number of thioether (sulfide) groups is 1. The second-order valence-corrected chi connectivity index (χ2v) is 5.60. The molecule has 0 aromatic heterocycles. The van der Waals surface area contributed by atoms with Gasteiger partial charge in [0.25, 0.3) is 5.69 Å². The van der Waals surface area contributed by atoms with E-state index in [9.17, 15) is 14.9 Å². The number of hydrogen-bond donors (Lipinski definition) is 1. The van der Waals surface area contributed by atoms with Crippen molar-refractivity contribution in [2.24, 2.45) is 0 Å². The van der Waals surface area contributed by atoms with Gasteiger partial charge < -0.3 is 9.84 Å². The third kappa shape index (κ3) is 4.78. The lowest BCUT2D eigenvalue weighted by Gasteiger charge is -2.12. The van der Waals surface area contributed by atoms with Gasteiger partial charge in [-0.25, -0.2) is 0 Å². The smallest absolute Gasteiger partial charge is 0.316 e. The number of benzene rings is 1. The van der Waals surface area contributed by atoms with Crippen molar-refractivity contribution in [1.82, 2.24) is 0 Å². The largest absolute Gasteiger partial charge is 0.491 e. The van der Waals surface area contributed by atoms with Gasteiger partial charge >= 0.3 is 5.97 Å². The summed E-state index contributed by atoms with van der Waals surface area (Å²) in [5.74, 6) is -0.605. The number of ether oxygens (including phenoxy) is 1. The molecule has 0 amide bonds. The lowest BCUT2D eigenvalue weighted by atomic mass is 10.3. The van der Waals surface area contributed by atoms with Gasteiger partial charge in [-0.1, -0.05) is 0 Å². The SMILES string of the molecule is CC(C)Oc1cc(SC(C)C(=O)O)cc([N+](=O)[O-])c1. The highest BCUT2D eigenvalue weighted by Crippen LogP contribution is 2.32. The van der Waals surface area contributed by atoms with Crippen LogP contribution in [0, 0.1) is 10.1 Å². The molecule has 0 saturated carbocycles. The molecule has 1 rings (SSSR count). The predicted molar refractivity (Wildman–Crippen MR) is 71.8 cm³/mol. The summed E-state index contributed by atoms with van der Waals surface area (Å²) in [4.78, 5) is 21.6. The molecule has 1 unspecified atom stereocenters. The van der Waals surface area contributed by atoms with Crippen LogP contribution in [0.25, 0.3) is 0 Å². The molecule has 0 aliphatic rings. The number of nitro groups is 1. The monoisotopic (exact) mass is 285 g/mol. The summed E-state index contributed by atoms with van der Waals surface area (Å²) in [6.07, 6.45) is -0.114. The Labute approximate surface area is 114 Å². The zero-order valence-corrected chi connectivity index (χ0v) is 11.6. The van der Waals surface area contributed by atoms with Crippen LogP contribution in [0.1, 0.15) is 20.8 Å². The molecule has 0 fully saturated rings. The number of non-ortho nitro benzene ring substituents is 1. The van der Waals surface area contributed by atoms with E-state index in [1.54, 1.807) is 6.07 Å². The zero-order valence-electron chi connectivity index (χ0n) is 10.8.